The molecule has 1 aromatic carbocycles. The van der Waals surface area contributed by atoms with E-state index in [9.17, 15) is 9.59 Å². The molecule has 1 aliphatic heterocycles. The molecule has 3 N–H and O–H groups in total. The van der Waals surface area contributed by atoms with E-state index in [0.29, 0.717) is 32.2 Å². The van der Waals surface area contributed by atoms with E-state index in [1.807, 2.05) is 24.3 Å². The zero-order valence-electron chi connectivity index (χ0n) is 15.2. The van der Waals surface area contributed by atoms with Crippen molar-refractivity contribution in [2.75, 3.05) is 26.2 Å². The molecule has 2 rings (SSSR count). The summed E-state index contributed by atoms with van der Waals surface area (Å²) in [7, 11) is 0. The fourth-order valence-electron chi connectivity index (χ4n) is 2.88. The van der Waals surface area contributed by atoms with Crippen molar-refractivity contribution in [1.29, 1.82) is 0 Å². The molecular weight excluding hydrogens is 318 g/mol. The highest BCUT2D eigenvalue weighted by molar-refractivity contribution is 5.80. The Kier molecular flexibility index (Phi) is 7.10. The number of likely N-dealkylation sites (tertiary alicyclic amines) is 1. The van der Waals surface area contributed by atoms with Gasteiger partial charge in [-0.05, 0) is 42.9 Å². The average Bonchev–Trinajstić information content (AvgIpc) is 2.61. The number of carbonyl (C=O) groups is 2. The molecule has 3 amide bonds. The summed E-state index contributed by atoms with van der Waals surface area (Å²) in [4.78, 5) is 25.0. The van der Waals surface area contributed by atoms with Crippen LogP contribution in [0.4, 0.5) is 4.79 Å². The van der Waals surface area contributed by atoms with Crippen LogP contribution in [0.3, 0.4) is 0 Å². The predicted molar refractivity (Wildman–Crippen MR) is 97.4 cm³/mol. The van der Waals surface area contributed by atoms with Gasteiger partial charge in [0.05, 0.1) is 12.5 Å². The fourth-order valence-corrected chi connectivity index (χ4v) is 2.88. The molecule has 25 heavy (non-hydrogen) atoms. The number of amides is 3. The van der Waals surface area contributed by atoms with Crippen LogP contribution in [0.25, 0.3) is 0 Å². The summed E-state index contributed by atoms with van der Waals surface area (Å²) >= 11 is 0. The zero-order chi connectivity index (χ0) is 18.2. The van der Waals surface area contributed by atoms with Gasteiger partial charge >= 0.3 is 6.03 Å². The summed E-state index contributed by atoms with van der Waals surface area (Å²) in [5.41, 5.74) is 6.45. The van der Waals surface area contributed by atoms with Crippen molar-refractivity contribution in [2.45, 2.75) is 33.1 Å². The van der Waals surface area contributed by atoms with Gasteiger partial charge in [0.25, 0.3) is 0 Å². The lowest BCUT2D eigenvalue weighted by molar-refractivity contribution is -0.126. The van der Waals surface area contributed by atoms with Gasteiger partial charge in [0.15, 0.2) is 0 Å². The first-order valence-corrected chi connectivity index (χ1v) is 8.99. The van der Waals surface area contributed by atoms with Gasteiger partial charge in [-0.2, -0.15) is 0 Å². The van der Waals surface area contributed by atoms with Crippen LogP contribution < -0.4 is 15.8 Å². The molecule has 1 atom stereocenters. The largest absolute Gasteiger partial charge is 0.493 e. The Morgan fingerprint density at radius 2 is 2.04 bits per heavy atom. The predicted octanol–water partition coefficient (Wildman–Crippen LogP) is 2.17. The lowest BCUT2D eigenvalue weighted by Crippen LogP contribution is -2.47. The standard InChI is InChI=1S/C19H29N3O3/c1-14(2)13-25-17-7-5-15(6-8-17)9-10-21-18(23)16-4-3-11-22(12-16)19(20)24/h5-8,14,16H,3-4,9-13H2,1-2H3,(H2,20,24)(H,21,23). The number of ether oxygens (including phenoxy) is 1. The molecular formula is C19H29N3O3. The van der Waals surface area contributed by atoms with Crippen LogP contribution in [0.15, 0.2) is 24.3 Å². The number of rotatable bonds is 7. The minimum Gasteiger partial charge on any atom is -0.493 e. The summed E-state index contributed by atoms with van der Waals surface area (Å²) in [6.45, 7) is 6.59. The molecule has 0 saturated carbocycles. The lowest BCUT2D eigenvalue weighted by atomic mass is 9.97. The smallest absolute Gasteiger partial charge is 0.314 e. The van der Waals surface area contributed by atoms with Crippen LogP contribution in [0.5, 0.6) is 5.75 Å². The summed E-state index contributed by atoms with van der Waals surface area (Å²) in [5.74, 6) is 1.21. The molecule has 1 aliphatic rings. The second kappa shape index (κ2) is 9.30. The van der Waals surface area contributed by atoms with E-state index in [0.717, 1.165) is 30.6 Å². The number of nitrogens with zero attached hydrogens (tertiary/aromatic N) is 1. The Balaban J connectivity index is 1.72. The third-order valence-corrected chi connectivity index (χ3v) is 4.32. The quantitative estimate of drug-likeness (QED) is 0.793. The van der Waals surface area contributed by atoms with Crippen molar-refractivity contribution in [3.05, 3.63) is 29.8 Å². The number of primary amides is 1. The first-order chi connectivity index (χ1) is 12.0. The van der Waals surface area contributed by atoms with Crippen molar-refractivity contribution >= 4 is 11.9 Å². The molecule has 6 nitrogen and oxygen atoms in total. The fraction of sp³-hybridized carbons (Fsp3) is 0.579. The van der Waals surface area contributed by atoms with E-state index in [1.165, 1.54) is 0 Å². The maximum absolute atomic E-state index is 12.2. The zero-order valence-corrected chi connectivity index (χ0v) is 15.2. The number of carbonyl (C=O) groups excluding carboxylic acids is 2. The summed E-state index contributed by atoms with van der Waals surface area (Å²) in [6.07, 6.45) is 2.39. The normalized spacial score (nSPS) is 17.4. The molecule has 1 saturated heterocycles. The number of urea groups is 1. The number of nitrogens with one attached hydrogen (secondary N) is 1. The Labute approximate surface area is 149 Å². The van der Waals surface area contributed by atoms with E-state index in [1.54, 1.807) is 4.90 Å². The molecule has 1 unspecified atom stereocenters. The van der Waals surface area contributed by atoms with Crippen LogP contribution in [-0.4, -0.2) is 43.1 Å². The van der Waals surface area contributed by atoms with Gasteiger partial charge in [-0.1, -0.05) is 26.0 Å². The third kappa shape index (κ3) is 6.29. The molecule has 0 bridgehead atoms. The van der Waals surface area contributed by atoms with Crippen molar-refractivity contribution in [1.82, 2.24) is 10.2 Å². The molecule has 6 heteroatoms. The van der Waals surface area contributed by atoms with Gasteiger partial charge in [0, 0.05) is 19.6 Å². The molecule has 1 aromatic rings. The maximum Gasteiger partial charge on any atom is 0.314 e. The number of piperidine rings is 1. The van der Waals surface area contributed by atoms with Gasteiger partial charge in [-0.25, -0.2) is 4.79 Å². The van der Waals surface area contributed by atoms with E-state index in [2.05, 4.69) is 19.2 Å². The van der Waals surface area contributed by atoms with Gasteiger partial charge in [0.2, 0.25) is 5.91 Å². The van der Waals surface area contributed by atoms with Crippen LogP contribution in [-0.2, 0) is 11.2 Å². The van der Waals surface area contributed by atoms with Crippen LogP contribution in [0.2, 0.25) is 0 Å². The Morgan fingerprint density at radius 1 is 1.32 bits per heavy atom. The second-order valence-corrected chi connectivity index (χ2v) is 7.01. The van der Waals surface area contributed by atoms with Crippen molar-refractivity contribution in [3.63, 3.8) is 0 Å². The first kappa shape index (κ1) is 19.1. The van der Waals surface area contributed by atoms with Gasteiger partial charge < -0.3 is 20.7 Å². The van der Waals surface area contributed by atoms with Gasteiger partial charge in [0.1, 0.15) is 5.75 Å². The molecule has 0 radical (unpaired) electrons. The van der Waals surface area contributed by atoms with Gasteiger partial charge in [-0.15, -0.1) is 0 Å². The van der Waals surface area contributed by atoms with E-state index in [-0.39, 0.29) is 11.8 Å². The summed E-state index contributed by atoms with van der Waals surface area (Å²) in [6, 6.07) is 7.53. The van der Waals surface area contributed by atoms with Crippen LogP contribution in [0.1, 0.15) is 32.3 Å². The lowest BCUT2D eigenvalue weighted by Gasteiger charge is -2.30. The Bertz CT molecular complexity index is 572. The number of nitrogens with two attached hydrogens (primary N) is 1. The minimum absolute atomic E-state index is 0.00263. The molecule has 0 aromatic heterocycles. The minimum atomic E-state index is -0.447. The highest BCUT2D eigenvalue weighted by Crippen LogP contribution is 2.17. The second-order valence-electron chi connectivity index (χ2n) is 7.01. The summed E-state index contributed by atoms with van der Waals surface area (Å²) < 4.78 is 5.66. The van der Waals surface area contributed by atoms with E-state index >= 15 is 0 Å². The molecule has 138 valence electrons. The summed E-state index contributed by atoms with van der Waals surface area (Å²) in [5, 5.41) is 2.97. The van der Waals surface area contributed by atoms with Crippen LogP contribution in [0, 0.1) is 11.8 Å². The topological polar surface area (TPSA) is 84.7 Å². The average molecular weight is 347 g/mol. The monoisotopic (exact) mass is 347 g/mol. The number of benzene rings is 1. The number of hydrogen-bond acceptors (Lipinski definition) is 3. The maximum atomic E-state index is 12.2. The molecule has 0 aliphatic carbocycles. The first-order valence-electron chi connectivity index (χ1n) is 8.99. The SMILES string of the molecule is CC(C)COc1ccc(CCNC(=O)C2CCCN(C(N)=O)C2)cc1. The van der Waals surface area contributed by atoms with Crippen molar-refractivity contribution < 1.29 is 14.3 Å². The molecule has 1 fully saturated rings. The Morgan fingerprint density at radius 3 is 2.68 bits per heavy atom. The van der Waals surface area contributed by atoms with Crippen LogP contribution >= 0.6 is 0 Å². The highest BCUT2D eigenvalue weighted by atomic mass is 16.5. The van der Waals surface area contributed by atoms with Crippen molar-refractivity contribution in [3.8, 4) is 5.75 Å². The molecule has 1 heterocycles. The Hall–Kier alpha value is -2.24. The number of hydrogen-bond donors (Lipinski definition) is 2. The molecule has 0 spiro atoms. The van der Waals surface area contributed by atoms with E-state index < -0.39 is 6.03 Å². The van der Waals surface area contributed by atoms with Crippen molar-refractivity contribution in [2.24, 2.45) is 17.6 Å². The van der Waals surface area contributed by atoms with E-state index in [4.69, 9.17) is 10.5 Å². The third-order valence-electron chi connectivity index (χ3n) is 4.32. The highest BCUT2D eigenvalue weighted by Gasteiger charge is 2.27. The van der Waals surface area contributed by atoms with Gasteiger partial charge in [-0.3, -0.25) is 4.79 Å².